The van der Waals surface area contributed by atoms with Gasteiger partial charge in [-0.3, -0.25) is 14.0 Å². The van der Waals surface area contributed by atoms with E-state index in [4.69, 9.17) is 0 Å². The van der Waals surface area contributed by atoms with Crippen molar-refractivity contribution in [2.24, 2.45) is 5.92 Å². The number of piperidine rings is 1. The highest BCUT2D eigenvalue weighted by Gasteiger charge is 2.16. The Bertz CT molecular complexity index is 1030. The van der Waals surface area contributed by atoms with Gasteiger partial charge >= 0.3 is 0 Å². The molecular formula is C21H25N5O2. The van der Waals surface area contributed by atoms with E-state index in [0.29, 0.717) is 11.2 Å². The lowest BCUT2D eigenvalue weighted by Crippen LogP contribution is -2.34. The van der Waals surface area contributed by atoms with E-state index in [1.807, 2.05) is 18.2 Å². The van der Waals surface area contributed by atoms with Gasteiger partial charge in [0.15, 0.2) is 0 Å². The average molecular weight is 379 g/mol. The number of imidazole rings is 1. The van der Waals surface area contributed by atoms with Gasteiger partial charge in [-0.25, -0.2) is 4.98 Å². The van der Waals surface area contributed by atoms with Crippen LogP contribution in [0.5, 0.6) is 0 Å². The molecule has 0 bridgehead atoms. The van der Waals surface area contributed by atoms with Crippen LogP contribution in [0.3, 0.4) is 0 Å². The second-order valence-electron chi connectivity index (χ2n) is 7.58. The second kappa shape index (κ2) is 7.98. The van der Waals surface area contributed by atoms with Crippen LogP contribution in [0.2, 0.25) is 0 Å². The maximum Gasteiger partial charge on any atom is 0.274 e. The molecule has 0 aliphatic carbocycles. The highest BCUT2D eigenvalue weighted by atomic mass is 16.2. The fourth-order valence-corrected chi connectivity index (χ4v) is 3.68. The first kappa shape index (κ1) is 18.4. The number of aromatic nitrogens is 3. The lowest BCUT2D eigenvalue weighted by Gasteiger charge is -2.30. The first-order valence-electron chi connectivity index (χ1n) is 9.76. The average Bonchev–Trinajstić information content (AvgIpc) is 3.19. The number of amides is 1. The predicted molar refractivity (Wildman–Crippen MR) is 109 cm³/mol. The van der Waals surface area contributed by atoms with Crippen molar-refractivity contribution < 1.29 is 4.79 Å². The fourth-order valence-electron chi connectivity index (χ4n) is 3.68. The topological polar surface area (TPSA) is 82.5 Å². The zero-order valence-corrected chi connectivity index (χ0v) is 16.0. The second-order valence-corrected chi connectivity index (χ2v) is 7.58. The van der Waals surface area contributed by atoms with E-state index < -0.39 is 0 Å². The molecule has 0 saturated carbocycles. The minimum atomic E-state index is -0.290. The fraction of sp³-hybridized carbons (Fsp3) is 0.381. The number of anilines is 1. The van der Waals surface area contributed by atoms with Crippen molar-refractivity contribution in [2.45, 2.75) is 26.2 Å². The highest BCUT2D eigenvalue weighted by molar-refractivity contribution is 6.03. The summed E-state index contributed by atoms with van der Waals surface area (Å²) in [5, 5.41) is 2.92. The summed E-state index contributed by atoms with van der Waals surface area (Å²) in [6, 6.07) is 7.95. The third kappa shape index (κ3) is 3.99. The SMILES string of the molecule is CC1CCN(CCc2cccc(NC(=O)c3c[nH]c(=O)c4cncn34)c2)CC1. The molecule has 0 unspecified atom stereocenters. The molecule has 1 saturated heterocycles. The third-order valence-electron chi connectivity index (χ3n) is 5.48. The Balaban J connectivity index is 1.43. The van der Waals surface area contributed by atoms with Gasteiger partial charge in [0.05, 0.1) is 6.20 Å². The molecule has 146 valence electrons. The molecule has 2 aromatic heterocycles. The molecule has 3 aromatic rings. The summed E-state index contributed by atoms with van der Waals surface area (Å²) >= 11 is 0. The summed E-state index contributed by atoms with van der Waals surface area (Å²) in [6.07, 6.45) is 7.83. The molecule has 4 rings (SSSR count). The molecule has 28 heavy (non-hydrogen) atoms. The predicted octanol–water partition coefficient (Wildman–Crippen LogP) is 2.55. The van der Waals surface area contributed by atoms with E-state index in [1.165, 1.54) is 54.6 Å². The van der Waals surface area contributed by atoms with Gasteiger partial charge in [-0.15, -0.1) is 0 Å². The Morgan fingerprint density at radius 1 is 1.32 bits per heavy atom. The number of carbonyl (C=O) groups is 1. The summed E-state index contributed by atoms with van der Waals surface area (Å²) in [5.41, 5.74) is 2.35. The summed E-state index contributed by atoms with van der Waals surface area (Å²) in [6.45, 7) is 5.71. The number of hydrogen-bond donors (Lipinski definition) is 2. The van der Waals surface area contributed by atoms with Crippen LogP contribution < -0.4 is 10.9 Å². The van der Waals surface area contributed by atoms with Crippen LogP contribution in [0.4, 0.5) is 5.69 Å². The van der Waals surface area contributed by atoms with Crippen LogP contribution in [0.1, 0.15) is 35.8 Å². The van der Waals surface area contributed by atoms with Crippen LogP contribution in [-0.2, 0) is 6.42 Å². The Hall–Kier alpha value is -2.93. The standard InChI is InChI=1S/C21H25N5O2/c1-15-5-8-25(9-6-15)10-7-16-3-2-4-17(11-16)24-21(28)19-13-23-20(27)18-12-22-14-26(18)19/h2-4,11-15H,5-10H2,1H3,(H,23,27)(H,24,28). The number of carbonyl (C=O) groups excluding carboxylic acids is 1. The minimum Gasteiger partial charge on any atom is -0.325 e. The van der Waals surface area contributed by atoms with Crippen molar-refractivity contribution >= 4 is 17.1 Å². The van der Waals surface area contributed by atoms with E-state index in [-0.39, 0.29) is 11.5 Å². The number of hydrogen-bond acceptors (Lipinski definition) is 4. The van der Waals surface area contributed by atoms with Gasteiger partial charge < -0.3 is 15.2 Å². The molecule has 1 aliphatic heterocycles. The highest BCUT2D eigenvalue weighted by Crippen LogP contribution is 2.17. The normalized spacial score (nSPS) is 15.8. The van der Waals surface area contributed by atoms with E-state index >= 15 is 0 Å². The zero-order valence-electron chi connectivity index (χ0n) is 16.0. The van der Waals surface area contributed by atoms with Gasteiger partial charge in [-0.1, -0.05) is 19.1 Å². The van der Waals surface area contributed by atoms with Crippen LogP contribution in [0.15, 0.2) is 47.8 Å². The van der Waals surface area contributed by atoms with Crippen LogP contribution in [0.25, 0.3) is 5.52 Å². The molecule has 1 aromatic carbocycles. The number of nitrogens with zero attached hydrogens (tertiary/aromatic N) is 3. The maximum absolute atomic E-state index is 12.7. The van der Waals surface area contributed by atoms with Gasteiger partial charge in [0, 0.05) is 18.4 Å². The maximum atomic E-state index is 12.7. The monoisotopic (exact) mass is 379 g/mol. The Labute approximate surface area is 163 Å². The molecule has 7 heteroatoms. The quantitative estimate of drug-likeness (QED) is 0.714. The third-order valence-corrected chi connectivity index (χ3v) is 5.48. The van der Waals surface area contributed by atoms with E-state index in [0.717, 1.165) is 24.6 Å². The summed E-state index contributed by atoms with van der Waals surface area (Å²) in [5.74, 6) is 0.547. The first-order chi connectivity index (χ1) is 13.6. The molecular weight excluding hydrogens is 354 g/mol. The van der Waals surface area contributed by atoms with Crippen molar-refractivity contribution in [2.75, 3.05) is 25.0 Å². The molecule has 1 fully saturated rings. The number of aromatic amines is 1. The molecule has 0 spiro atoms. The van der Waals surface area contributed by atoms with Crippen LogP contribution in [-0.4, -0.2) is 44.8 Å². The largest absolute Gasteiger partial charge is 0.325 e. The van der Waals surface area contributed by atoms with Crippen molar-refractivity contribution in [3.05, 3.63) is 64.6 Å². The molecule has 2 N–H and O–H groups in total. The van der Waals surface area contributed by atoms with Gasteiger partial charge in [-0.05, 0) is 56.0 Å². The van der Waals surface area contributed by atoms with Gasteiger partial charge in [0.1, 0.15) is 17.5 Å². The van der Waals surface area contributed by atoms with E-state index in [9.17, 15) is 9.59 Å². The van der Waals surface area contributed by atoms with Crippen LogP contribution in [0, 0.1) is 5.92 Å². The van der Waals surface area contributed by atoms with Crippen molar-refractivity contribution in [3.63, 3.8) is 0 Å². The number of H-pyrrole nitrogens is 1. The lowest BCUT2D eigenvalue weighted by atomic mass is 9.99. The van der Waals surface area contributed by atoms with Gasteiger partial charge in [0.25, 0.3) is 11.5 Å². The number of benzene rings is 1. The molecule has 0 radical (unpaired) electrons. The van der Waals surface area contributed by atoms with Gasteiger partial charge in [0.2, 0.25) is 0 Å². The van der Waals surface area contributed by atoms with Crippen LogP contribution >= 0.6 is 0 Å². The number of rotatable bonds is 5. The number of likely N-dealkylation sites (tertiary alicyclic amines) is 1. The Morgan fingerprint density at radius 3 is 2.96 bits per heavy atom. The van der Waals surface area contributed by atoms with Crippen molar-refractivity contribution in [3.8, 4) is 0 Å². The lowest BCUT2D eigenvalue weighted by molar-refractivity contribution is 0.102. The Kier molecular flexibility index (Phi) is 5.25. The molecule has 1 amide bonds. The molecule has 1 aliphatic rings. The summed E-state index contributed by atoms with van der Waals surface area (Å²) in [7, 11) is 0. The smallest absolute Gasteiger partial charge is 0.274 e. The summed E-state index contributed by atoms with van der Waals surface area (Å²) < 4.78 is 1.50. The van der Waals surface area contributed by atoms with Crippen molar-refractivity contribution in [1.29, 1.82) is 0 Å². The Morgan fingerprint density at radius 2 is 2.14 bits per heavy atom. The van der Waals surface area contributed by atoms with Crippen molar-refractivity contribution in [1.82, 2.24) is 19.3 Å². The zero-order chi connectivity index (χ0) is 19.5. The van der Waals surface area contributed by atoms with E-state index in [1.54, 1.807) is 0 Å². The number of nitrogens with one attached hydrogen (secondary N) is 2. The van der Waals surface area contributed by atoms with E-state index in [2.05, 4.69) is 33.2 Å². The molecule has 0 atom stereocenters. The molecule has 3 heterocycles. The summed E-state index contributed by atoms with van der Waals surface area (Å²) in [4.78, 5) is 33.5. The molecule has 7 nitrogen and oxygen atoms in total. The number of fused-ring (bicyclic) bond motifs is 1. The minimum absolute atomic E-state index is 0.275. The first-order valence-corrected chi connectivity index (χ1v) is 9.76. The van der Waals surface area contributed by atoms with Gasteiger partial charge in [-0.2, -0.15) is 0 Å².